The molecule has 4 aromatic rings. The number of aromatic nitrogens is 3. The molecule has 33 heavy (non-hydrogen) atoms. The predicted molar refractivity (Wildman–Crippen MR) is 121 cm³/mol. The summed E-state index contributed by atoms with van der Waals surface area (Å²) < 4.78 is 39.9. The van der Waals surface area contributed by atoms with Crippen LogP contribution >= 0.6 is 11.3 Å². The number of nitrogens with one attached hydrogen (secondary N) is 1. The number of hydrogen-bond acceptors (Lipinski definition) is 5. The number of fused-ring (bicyclic) bond motifs is 1. The van der Waals surface area contributed by atoms with Crippen LogP contribution in [0.2, 0.25) is 0 Å². The summed E-state index contributed by atoms with van der Waals surface area (Å²) in [6.45, 7) is 1.02. The highest BCUT2D eigenvalue weighted by Crippen LogP contribution is 2.27. The Morgan fingerprint density at radius 2 is 2.00 bits per heavy atom. The van der Waals surface area contributed by atoms with Crippen LogP contribution in [0.3, 0.4) is 0 Å². The van der Waals surface area contributed by atoms with Crippen molar-refractivity contribution in [2.45, 2.75) is 26.2 Å². The van der Waals surface area contributed by atoms with E-state index in [-0.39, 0.29) is 28.3 Å². The van der Waals surface area contributed by atoms with E-state index in [0.29, 0.717) is 17.7 Å². The van der Waals surface area contributed by atoms with E-state index in [9.17, 15) is 18.0 Å². The van der Waals surface area contributed by atoms with Crippen LogP contribution in [-0.4, -0.2) is 26.6 Å². The van der Waals surface area contributed by atoms with Gasteiger partial charge in [-0.15, -0.1) is 0 Å². The van der Waals surface area contributed by atoms with Crippen LogP contribution in [0.1, 0.15) is 32.6 Å². The van der Waals surface area contributed by atoms with Crippen LogP contribution in [0.15, 0.2) is 47.5 Å². The lowest BCUT2D eigenvalue weighted by molar-refractivity contribution is -0.139. The first-order valence-corrected chi connectivity index (χ1v) is 10.7. The Labute approximate surface area is 191 Å². The van der Waals surface area contributed by atoms with Crippen molar-refractivity contribution >= 4 is 34.1 Å². The van der Waals surface area contributed by atoms with E-state index in [2.05, 4.69) is 27.1 Å². The molecule has 6 nitrogen and oxygen atoms in total. The molecule has 0 bridgehead atoms. The third-order valence-corrected chi connectivity index (χ3v) is 5.63. The van der Waals surface area contributed by atoms with Crippen molar-refractivity contribution in [2.75, 3.05) is 5.73 Å². The van der Waals surface area contributed by atoms with Gasteiger partial charge in [-0.2, -0.15) is 24.5 Å². The molecule has 0 atom stereocenters. The minimum absolute atomic E-state index is 0.0449. The molecule has 0 saturated heterocycles. The van der Waals surface area contributed by atoms with Crippen LogP contribution in [0.4, 0.5) is 19.0 Å². The number of nitrogen functional groups attached to an aromatic ring is 1. The van der Waals surface area contributed by atoms with E-state index >= 15 is 0 Å². The highest BCUT2D eigenvalue weighted by molar-refractivity contribution is 7.07. The third-order valence-electron chi connectivity index (χ3n) is 4.90. The summed E-state index contributed by atoms with van der Waals surface area (Å²) in [5.41, 5.74) is 9.08. The summed E-state index contributed by atoms with van der Waals surface area (Å²) in [6.07, 6.45) is -2.05. The first kappa shape index (κ1) is 22.4. The number of amides is 1. The maximum atomic E-state index is 13.0. The van der Waals surface area contributed by atoms with E-state index < -0.39 is 12.7 Å². The molecule has 0 saturated carbocycles. The zero-order chi connectivity index (χ0) is 23.6. The number of rotatable bonds is 4. The molecule has 4 rings (SSSR count). The van der Waals surface area contributed by atoms with Crippen LogP contribution in [0.25, 0.3) is 11.0 Å². The maximum absolute atomic E-state index is 13.0. The number of nitrogens with two attached hydrogens (primary N) is 1. The highest BCUT2D eigenvalue weighted by atomic mass is 32.1. The largest absolute Gasteiger partial charge is 0.406 e. The van der Waals surface area contributed by atoms with E-state index in [1.807, 2.05) is 23.8 Å². The Kier molecular flexibility index (Phi) is 6.07. The number of alkyl halides is 3. The van der Waals surface area contributed by atoms with Crippen molar-refractivity contribution < 1.29 is 18.0 Å². The molecule has 3 aromatic heterocycles. The number of thiophene rings is 1. The van der Waals surface area contributed by atoms with Crippen molar-refractivity contribution in [3.8, 4) is 11.8 Å². The van der Waals surface area contributed by atoms with Crippen molar-refractivity contribution in [1.29, 1.82) is 0 Å². The quantitative estimate of drug-likeness (QED) is 0.437. The zero-order valence-corrected chi connectivity index (χ0v) is 18.2. The monoisotopic (exact) mass is 469 g/mol. The Morgan fingerprint density at radius 1 is 1.21 bits per heavy atom. The van der Waals surface area contributed by atoms with Crippen LogP contribution in [0, 0.1) is 18.8 Å². The summed E-state index contributed by atoms with van der Waals surface area (Å²) in [4.78, 5) is 20.4. The number of nitrogens with zero attached hydrogens (tertiary/aromatic N) is 3. The van der Waals surface area contributed by atoms with Crippen molar-refractivity contribution in [3.05, 3.63) is 75.4 Å². The molecule has 10 heteroatoms. The molecule has 1 aromatic carbocycles. The Bertz CT molecular complexity index is 1380. The molecule has 0 aliphatic rings. The first-order valence-electron chi connectivity index (χ1n) is 9.79. The average molecular weight is 469 g/mol. The second kappa shape index (κ2) is 8.96. The molecule has 0 radical (unpaired) electrons. The van der Waals surface area contributed by atoms with Gasteiger partial charge in [-0.05, 0) is 47.0 Å². The molecule has 1 amide bonds. The Balaban J connectivity index is 1.65. The van der Waals surface area contributed by atoms with Crippen LogP contribution in [0.5, 0.6) is 0 Å². The van der Waals surface area contributed by atoms with E-state index in [1.165, 1.54) is 6.20 Å². The topological polar surface area (TPSA) is 85.8 Å². The number of benzene rings is 1. The highest BCUT2D eigenvalue weighted by Gasteiger charge is 2.29. The third kappa shape index (κ3) is 5.15. The summed E-state index contributed by atoms with van der Waals surface area (Å²) in [5.74, 6) is 5.64. The smallest absolute Gasteiger partial charge is 0.383 e. The second-order valence-electron chi connectivity index (χ2n) is 7.34. The van der Waals surface area contributed by atoms with Crippen molar-refractivity contribution in [3.63, 3.8) is 0 Å². The molecule has 0 spiro atoms. The van der Waals surface area contributed by atoms with E-state index in [4.69, 9.17) is 5.73 Å². The number of anilines is 1. The molecule has 3 N–H and O–H groups in total. The summed E-state index contributed by atoms with van der Waals surface area (Å²) in [7, 11) is 0. The van der Waals surface area contributed by atoms with Gasteiger partial charge in [0.1, 0.15) is 24.3 Å². The molecule has 3 heterocycles. The fourth-order valence-corrected chi connectivity index (χ4v) is 3.93. The van der Waals surface area contributed by atoms with Gasteiger partial charge in [0.2, 0.25) is 0 Å². The second-order valence-corrected chi connectivity index (χ2v) is 8.12. The minimum Gasteiger partial charge on any atom is -0.383 e. The SMILES string of the molecule is Cc1ccc(C(=O)NCc2ccsc2)cc1C#Cc1cn(CC(F)(F)F)c2ncnc(N)c12. The number of hydrogen-bond donors (Lipinski definition) is 2. The van der Waals surface area contributed by atoms with Gasteiger partial charge in [0.05, 0.1) is 10.9 Å². The van der Waals surface area contributed by atoms with Gasteiger partial charge >= 0.3 is 6.18 Å². The predicted octanol–water partition coefficient (Wildman–Crippen LogP) is 4.28. The van der Waals surface area contributed by atoms with Gasteiger partial charge in [-0.3, -0.25) is 4.79 Å². The summed E-state index contributed by atoms with van der Waals surface area (Å²) in [5, 5.41) is 7.01. The van der Waals surface area contributed by atoms with Gasteiger partial charge in [0, 0.05) is 23.9 Å². The van der Waals surface area contributed by atoms with Crippen molar-refractivity contribution in [2.24, 2.45) is 0 Å². The molecular weight excluding hydrogens is 451 g/mol. The zero-order valence-electron chi connectivity index (χ0n) is 17.4. The average Bonchev–Trinajstić information content (AvgIpc) is 3.39. The van der Waals surface area contributed by atoms with Crippen LogP contribution < -0.4 is 11.1 Å². The van der Waals surface area contributed by atoms with Gasteiger partial charge in [-0.25, -0.2) is 9.97 Å². The minimum atomic E-state index is -4.43. The number of carbonyl (C=O) groups excluding carboxylic acids is 1. The lowest BCUT2D eigenvalue weighted by atomic mass is 10.0. The van der Waals surface area contributed by atoms with Crippen LogP contribution in [-0.2, 0) is 13.1 Å². The molecule has 0 aliphatic heterocycles. The molecule has 0 unspecified atom stereocenters. The lowest BCUT2D eigenvalue weighted by Gasteiger charge is -2.07. The number of aryl methyl sites for hydroxylation is 1. The fraction of sp³-hybridized carbons (Fsp3) is 0.174. The number of carbonyl (C=O) groups is 1. The first-order chi connectivity index (χ1) is 15.7. The summed E-state index contributed by atoms with van der Waals surface area (Å²) >= 11 is 1.55. The number of halogens is 3. The Morgan fingerprint density at radius 3 is 2.73 bits per heavy atom. The van der Waals surface area contributed by atoms with Crippen molar-refractivity contribution in [1.82, 2.24) is 19.9 Å². The maximum Gasteiger partial charge on any atom is 0.406 e. The summed E-state index contributed by atoms with van der Waals surface area (Å²) in [6, 6.07) is 7.06. The molecule has 0 fully saturated rings. The van der Waals surface area contributed by atoms with Gasteiger partial charge in [0.15, 0.2) is 0 Å². The normalized spacial score (nSPS) is 11.3. The van der Waals surface area contributed by atoms with Gasteiger partial charge in [0.25, 0.3) is 5.91 Å². The van der Waals surface area contributed by atoms with E-state index in [0.717, 1.165) is 22.0 Å². The van der Waals surface area contributed by atoms with Gasteiger partial charge < -0.3 is 15.6 Å². The standard InChI is InChI=1S/C23H18F3N5OS/c1-14-2-3-17(22(32)28-9-15-6-7-33-11-15)8-16(14)4-5-18-10-31(12-23(24,25)26)21-19(18)20(27)29-13-30-21/h2-3,6-8,10-11,13H,9,12H2,1H3,(H,28,32)(H2,27,29,30). The van der Waals surface area contributed by atoms with E-state index in [1.54, 1.807) is 29.5 Å². The molecular formula is C23H18F3N5OS. The van der Waals surface area contributed by atoms with Gasteiger partial charge in [-0.1, -0.05) is 17.9 Å². The molecule has 0 aliphatic carbocycles. The fourth-order valence-electron chi connectivity index (χ4n) is 3.27. The Hall–Kier alpha value is -3.84. The lowest BCUT2D eigenvalue weighted by Crippen LogP contribution is -2.22. The molecule has 168 valence electrons.